The molecule has 0 aliphatic carbocycles. The van der Waals surface area contributed by atoms with Gasteiger partial charge in [0, 0.05) is 33.0 Å². The SMILES string of the molecule is C[Si](C)(C)CCOCn1nccc1-c1nc(N)nc2c1nnn2Cc1cccc([N+](=O)[O-])c1. The van der Waals surface area contributed by atoms with E-state index in [0.29, 0.717) is 34.7 Å². The molecule has 13 heteroatoms. The smallest absolute Gasteiger partial charge is 0.269 e. The molecule has 0 saturated heterocycles. The molecule has 4 rings (SSSR count). The minimum atomic E-state index is -1.19. The summed E-state index contributed by atoms with van der Waals surface area (Å²) < 4.78 is 9.08. The summed E-state index contributed by atoms with van der Waals surface area (Å²) in [6, 6.07) is 9.20. The van der Waals surface area contributed by atoms with Crippen LogP contribution in [0.15, 0.2) is 36.5 Å². The minimum Gasteiger partial charge on any atom is -0.368 e. The van der Waals surface area contributed by atoms with Gasteiger partial charge in [-0.1, -0.05) is 37.0 Å². The lowest BCUT2D eigenvalue weighted by Crippen LogP contribution is -2.22. The van der Waals surface area contributed by atoms with Gasteiger partial charge in [0.15, 0.2) is 11.2 Å². The minimum absolute atomic E-state index is 0.00442. The van der Waals surface area contributed by atoms with Crippen LogP contribution in [0.5, 0.6) is 0 Å². The number of rotatable bonds is 9. The maximum absolute atomic E-state index is 11.1. The molecule has 33 heavy (non-hydrogen) atoms. The summed E-state index contributed by atoms with van der Waals surface area (Å²) in [7, 11) is -1.19. The fourth-order valence-electron chi connectivity index (χ4n) is 3.27. The third-order valence-electron chi connectivity index (χ3n) is 5.00. The fraction of sp³-hybridized carbons (Fsp3) is 0.350. The van der Waals surface area contributed by atoms with E-state index in [2.05, 4.69) is 45.0 Å². The number of nitrogen functional groups attached to an aromatic ring is 1. The van der Waals surface area contributed by atoms with Crippen molar-refractivity contribution in [3.63, 3.8) is 0 Å². The Morgan fingerprint density at radius 1 is 1.18 bits per heavy atom. The molecular weight excluding hydrogens is 442 g/mol. The molecule has 3 heterocycles. The van der Waals surface area contributed by atoms with Crippen molar-refractivity contribution in [1.29, 1.82) is 0 Å². The van der Waals surface area contributed by atoms with E-state index in [1.54, 1.807) is 27.7 Å². The molecule has 0 unspecified atom stereocenters. The van der Waals surface area contributed by atoms with Crippen LogP contribution in [-0.2, 0) is 18.0 Å². The number of hydrogen-bond donors (Lipinski definition) is 1. The lowest BCUT2D eigenvalue weighted by Gasteiger charge is -2.15. The van der Waals surface area contributed by atoms with E-state index in [-0.39, 0.29) is 24.9 Å². The maximum Gasteiger partial charge on any atom is 0.269 e. The summed E-state index contributed by atoms with van der Waals surface area (Å²) in [4.78, 5) is 19.3. The molecule has 1 aromatic carbocycles. The summed E-state index contributed by atoms with van der Waals surface area (Å²) in [6.45, 7) is 8.08. The van der Waals surface area contributed by atoms with Crippen molar-refractivity contribution in [2.45, 2.75) is 39.0 Å². The summed E-state index contributed by atoms with van der Waals surface area (Å²) in [6.07, 6.45) is 1.66. The Morgan fingerprint density at radius 3 is 2.76 bits per heavy atom. The number of nitro benzene ring substituents is 1. The molecule has 0 radical (unpaired) electrons. The van der Waals surface area contributed by atoms with Crippen LogP contribution in [0.2, 0.25) is 25.7 Å². The van der Waals surface area contributed by atoms with E-state index in [9.17, 15) is 10.1 Å². The van der Waals surface area contributed by atoms with Crippen molar-refractivity contribution < 1.29 is 9.66 Å². The number of anilines is 1. The van der Waals surface area contributed by atoms with E-state index in [4.69, 9.17) is 10.5 Å². The van der Waals surface area contributed by atoms with E-state index < -0.39 is 13.0 Å². The fourth-order valence-corrected chi connectivity index (χ4v) is 4.02. The molecule has 12 nitrogen and oxygen atoms in total. The number of nitrogens with zero attached hydrogens (tertiary/aromatic N) is 8. The predicted molar refractivity (Wildman–Crippen MR) is 125 cm³/mol. The van der Waals surface area contributed by atoms with Crippen molar-refractivity contribution in [3.05, 3.63) is 52.2 Å². The molecule has 0 aliphatic heterocycles. The topological polar surface area (TPSA) is 153 Å². The van der Waals surface area contributed by atoms with Crippen LogP contribution in [-0.4, -0.2) is 54.3 Å². The summed E-state index contributed by atoms with van der Waals surface area (Å²) in [5, 5.41) is 23.9. The molecule has 4 aromatic rings. The second kappa shape index (κ2) is 9.03. The first-order chi connectivity index (χ1) is 15.7. The average molecular weight is 468 g/mol. The standard InChI is InChI=1S/C20H25N9O3Si/c1-33(2,3)10-9-32-13-28-16(7-8-22-28)17-18-19(24-20(21)23-17)27(26-25-18)12-14-5-4-6-15(11-14)29(30)31/h4-8,11H,9-10,12-13H2,1-3H3,(H2,21,23,24). The predicted octanol–water partition coefficient (Wildman–Crippen LogP) is 2.94. The van der Waals surface area contributed by atoms with Gasteiger partial charge in [0.05, 0.1) is 17.2 Å². The van der Waals surface area contributed by atoms with Gasteiger partial charge in [0.1, 0.15) is 12.4 Å². The van der Waals surface area contributed by atoms with Gasteiger partial charge in [0.25, 0.3) is 5.69 Å². The number of nitrogens with two attached hydrogens (primary N) is 1. The van der Waals surface area contributed by atoms with Crippen LogP contribution < -0.4 is 5.73 Å². The highest BCUT2D eigenvalue weighted by Gasteiger charge is 2.19. The van der Waals surface area contributed by atoms with E-state index >= 15 is 0 Å². The monoisotopic (exact) mass is 467 g/mol. The Morgan fingerprint density at radius 2 is 2.00 bits per heavy atom. The second-order valence-electron chi connectivity index (χ2n) is 8.84. The average Bonchev–Trinajstić information content (AvgIpc) is 3.37. The molecule has 0 spiro atoms. The van der Waals surface area contributed by atoms with Gasteiger partial charge in [-0.15, -0.1) is 5.10 Å². The molecule has 0 bridgehead atoms. The van der Waals surface area contributed by atoms with Crippen LogP contribution in [0.4, 0.5) is 11.6 Å². The number of aromatic nitrogens is 7. The van der Waals surface area contributed by atoms with Crippen LogP contribution in [0.1, 0.15) is 5.56 Å². The molecule has 0 saturated carbocycles. The first-order valence-electron chi connectivity index (χ1n) is 10.4. The first-order valence-corrected chi connectivity index (χ1v) is 14.1. The number of fused-ring (bicyclic) bond motifs is 1. The third-order valence-corrected chi connectivity index (χ3v) is 6.71. The Bertz CT molecular complexity index is 1300. The van der Waals surface area contributed by atoms with Crippen LogP contribution in [0.25, 0.3) is 22.6 Å². The second-order valence-corrected chi connectivity index (χ2v) is 14.5. The molecule has 0 fully saturated rings. The molecule has 172 valence electrons. The van der Waals surface area contributed by atoms with Gasteiger partial charge in [-0.05, 0) is 17.7 Å². The van der Waals surface area contributed by atoms with Crippen molar-refractivity contribution in [2.75, 3.05) is 12.3 Å². The molecule has 0 aliphatic rings. The van der Waals surface area contributed by atoms with E-state index in [0.717, 1.165) is 6.04 Å². The molecule has 3 aromatic heterocycles. The highest BCUT2D eigenvalue weighted by atomic mass is 28.3. The van der Waals surface area contributed by atoms with Crippen molar-refractivity contribution in [3.8, 4) is 11.4 Å². The van der Waals surface area contributed by atoms with Crippen molar-refractivity contribution in [2.24, 2.45) is 0 Å². The zero-order valence-electron chi connectivity index (χ0n) is 18.7. The Balaban J connectivity index is 1.62. The summed E-state index contributed by atoms with van der Waals surface area (Å²) in [5.74, 6) is 0.0625. The van der Waals surface area contributed by atoms with Crippen molar-refractivity contribution in [1.82, 2.24) is 34.7 Å². The van der Waals surface area contributed by atoms with Crippen molar-refractivity contribution >= 4 is 30.9 Å². The Hall–Kier alpha value is -3.71. The molecule has 2 N–H and O–H groups in total. The zero-order chi connectivity index (χ0) is 23.6. The molecule has 0 atom stereocenters. The Kier molecular flexibility index (Phi) is 6.15. The van der Waals surface area contributed by atoms with Gasteiger partial charge in [-0.2, -0.15) is 10.1 Å². The zero-order valence-corrected chi connectivity index (χ0v) is 19.7. The first kappa shape index (κ1) is 22.5. The van der Waals surface area contributed by atoms with Gasteiger partial charge in [-0.3, -0.25) is 10.1 Å². The van der Waals surface area contributed by atoms with Gasteiger partial charge < -0.3 is 10.5 Å². The third kappa shape index (κ3) is 5.20. The van der Waals surface area contributed by atoms with Crippen LogP contribution >= 0.6 is 0 Å². The quantitative estimate of drug-likeness (QED) is 0.169. The van der Waals surface area contributed by atoms with Crippen LogP contribution in [0, 0.1) is 10.1 Å². The molecular formula is C20H25N9O3Si. The van der Waals surface area contributed by atoms with Gasteiger partial charge in [-0.25, -0.2) is 14.3 Å². The van der Waals surface area contributed by atoms with E-state index in [1.807, 2.05) is 6.07 Å². The number of hydrogen-bond acceptors (Lipinski definition) is 9. The highest BCUT2D eigenvalue weighted by Crippen LogP contribution is 2.26. The number of ether oxygens (including phenoxy) is 1. The lowest BCUT2D eigenvalue weighted by atomic mass is 10.2. The summed E-state index contributed by atoms with van der Waals surface area (Å²) >= 11 is 0. The Labute approximate surface area is 190 Å². The van der Waals surface area contributed by atoms with Gasteiger partial charge >= 0.3 is 0 Å². The highest BCUT2D eigenvalue weighted by molar-refractivity contribution is 6.76. The van der Waals surface area contributed by atoms with E-state index in [1.165, 1.54) is 12.1 Å². The van der Waals surface area contributed by atoms with Crippen LogP contribution in [0.3, 0.4) is 0 Å². The summed E-state index contributed by atoms with van der Waals surface area (Å²) in [5.41, 5.74) is 8.76. The lowest BCUT2D eigenvalue weighted by molar-refractivity contribution is -0.384. The van der Waals surface area contributed by atoms with Gasteiger partial charge in [0.2, 0.25) is 5.95 Å². The number of non-ortho nitro benzene ring substituents is 1. The number of nitro groups is 1. The maximum atomic E-state index is 11.1. The number of benzene rings is 1. The largest absolute Gasteiger partial charge is 0.368 e. The molecule has 0 amide bonds. The normalized spacial score (nSPS) is 11.8.